The third-order valence-electron chi connectivity index (χ3n) is 2.33. The van der Waals surface area contributed by atoms with Crippen molar-refractivity contribution in [1.29, 1.82) is 0 Å². The molecule has 0 saturated heterocycles. The van der Waals surface area contributed by atoms with Gasteiger partial charge in [0.1, 0.15) is 5.69 Å². The van der Waals surface area contributed by atoms with Crippen molar-refractivity contribution in [2.45, 2.75) is 0 Å². The molecule has 2 aromatic rings. The van der Waals surface area contributed by atoms with E-state index in [-0.39, 0.29) is 34.0 Å². The second kappa shape index (κ2) is 6.01. The van der Waals surface area contributed by atoms with Crippen molar-refractivity contribution in [3.05, 3.63) is 51.3 Å². The number of nitro groups is 1. The van der Waals surface area contributed by atoms with E-state index in [2.05, 4.69) is 15.1 Å². The fourth-order valence-corrected chi connectivity index (χ4v) is 1.52. The zero-order chi connectivity index (χ0) is 15.4. The molecule has 0 radical (unpaired) electrons. The Morgan fingerprint density at radius 1 is 1.48 bits per heavy atom. The molecule has 0 atom stereocenters. The second-order valence-electron chi connectivity index (χ2n) is 3.68. The zero-order valence-electron chi connectivity index (χ0n) is 10.3. The number of halogens is 1. The molecule has 10 heteroatoms. The fourth-order valence-electron chi connectivity index (χ4n) is 1.37. The van der Waals surface area contributed by atoms with Gasteiger partial charge in [-0.25, -0.2) is 4.98 Å². The Labute approximate surface area is 122 Å². The first kappa shape index (κ1) is 14.5. The SMILES string of the molecule is N/C(=N/O)c1ccnc(Oc2cc([N+](=O)[O-])ccc2Cl)n1. The van der Waals surface area contributed by atoms with E-state index in [0.29, 0.717) is 0 Å². The predicted octanol–water partition coefficient (Wildman–Crippen LogP) is 1.92. The zero-order valence-corrected chi connectivity index (χ0v) is 11.1. The Morgan fingerprint density at radius 3 is 2.90 bits per heavy atom. The van der Waals surface area contributed by atoms with E-state index in [0.717, 1.165) is 6.07 Å². The van der Waals surface area contributed by atoms with Crippen LogP contribution in [0.2, 0.25) is 5.02 Å². The van der Waals surface area contributed by atoms with E-state index in [4.69, 9.17) is 27.3 Å². The highest BCUT2D eigenvalue weighted by molar-refractivity contribution is 6.32. The minimum atomic E-state index is -0.586. The van der Waals surface area contributed by atoms with Crippen LogP contribution in [-0.4, -0.2) is 25.9 Å². The van der Waals surface area contributed by atoms with Gasteiger partial charge in [0.15, 0.2) is 11.6 Å². The number of aromatic nitrogens is 2. The number of nitro benzene ring substituents is 1. The Bertz CT molecular complexity index is 722. The van der Waals surface area contributed by atoms with Crippen LogP contribution in [0.3, 0.4) is 0 Å². The third-order valence-corrected chi connectivity index (χ3v) is 2.64. The standard InChI is InChI=1S/C11H8ClN5O4/c12-7-2-1-6(17(19)20)5-9(7)21-11-14-4-3-8(15-11)10(13)16-18/h1-5,18H,(H2,13,16). The lowest BCUT2D eigenvalue weighted by atomic mass is 10.3. The Morgan fingerprint density at radius 2 is 2.24 bits per heavy atom. The molecular formula is C11H8ClN5O4. The molecule has 0 amide bonds. The summed E-state index contributed by atoms with van der Waals surface area (Å²) >= 11 is 5.89. The molecule has 9 nitrogen and oxygen atoms in total. The number of non-ortho nitro benzene ring substituents is 1. The molecule has 0 unspecified atom stereocenters. The van der Waals surface area contributed by atoms with E-state index < -0.39 is 4.92 Å². The minimum Gasteiger partial charge on any atom is -0.422 e. The number of benzene rings is 1. The maximum absolute atomic E-state index is 10.7. The summed E-state index contributed by atoms with van der Waals surface area (Å²) in [5, 5.41) is 22.2. The summed E-state index contributed by atoms with van der Waals surface area (Å²) < 4.78 is 5.28. The van der Waals surface area contributed by atoms with E-state index in [1.54, 1.807) is 0 Å². The number of amidine groups is 1. The molecule has 1 heterocycles. The lowest BCUT2D eigenvalue weighted by molar-refractivity contribution is -0.384. The normalized spacial score (nSPS) is 11.2. The van der Waals surface area contributed by atoms with Gasteiger partial charge in [-0.3, -0.25) is 10.1 Å². The van der Waals surface area contributed by atoms with Gasteiger partial charge in [0.2, 0.25) is 0 Å². The molecule has 0 aliphatic heterocycles. The van der Waals surface area contributed by atoms with E-state index in [1.807, 2.05) is 0 Å². The lowest BCUT2D eigenvalue weighted by Crippen LogP contribution is -2.15. The van der Waals surface area contributed by atoms with Gasteiger partial charge in [0, 0.05) is 12.3 Å². The fraction of sp³-hybridized carbons (Fsp3) is 0. The summed E-state index contributed by atoms with van der Waals surface area (Å²) in [5.74, 6) is -0.213. The van der Waals surface area contributed by atoms with Gasteiger partial charge < -0.3 is 15.7 Å². The van der Waals surface area contributed by atoms with Crippen molar-refractivity contribution in [2.24, 2.45) is 10.9 Å². The molecule has 21 heavy (non-hydrogen) atoms. The highest BCUT2D eigenvalue weighted by Gasteiger charge is 2.13. The van der Waals surface area contributed by atoms with Gasteiger partial charge in [-0.15, -0.1) is 0 Å². The number of hydrogen-bond donors (Lipinski definition) is 2. The van der Waals surface area contributed by atoms with Crippen LogP contribution in [-0.2, 0) is 0 Å². The maximum atomic E-state index is 10.7. The number of rotatable bonds is 4. The number of hydrogen-bond acceptors (Lipinski definition) is 7. The molecule has 0 bridgehead atoms. The van der Waals surface area contributed by atoms with Crippen LogP contribution < -0.4 is 10.5 Å². The quantitative estimate of drug-likeness (QED) is 0.289. The number of ether oxygens (including phenoxy) is 1. The van der Waals surface area contributed by atoms with Gasteiger partial charge in [-0.05, 0) is 12.1 Å². The Kier molecular flexibility index (Phi) is 4.14. The van der Waals surface area contributed by atoms with E-state index in [1.165, 1.54) is 24.4 Å². The minimum absolute atomic E-state index is 0.0162. The van der Waals surface area contributed by atoms with Crippen LogP contribution >= 0.6 is 11.6 Å². The van der Waals surface area contributed by atoms with Crippen molar-refractivity contribution in [3.8, 4) is 11.8 Å². The van der Waals surface area contributed by atoms with Crippen molar-refractivity contribution in [2.75, 3.05) is 0 Å². The molecular weight excluding hydrogens is 302 g/mol. The molecule has 108 valence electrons. The molecule has 0 saturated carbocycles. The van der Waals surface area contributed by atoms with Crippen LogP contribution in [0.4, 0.5) is 5.69 Å². The Balaban J connectivity index is 2.34. The van der Waals surface area contributed by atoms with Gasteiger partial charge >= 0.3 is 6.01 Å². The molecule has 0 aliphatic rings. The highest BCUT2D eigenvalue weighted by Crippen LogP contribution is 2.31. The summed E-state index contributed by atoms with van der Waals surface area (Å²) in [4.78, 5) is 17.8. The first-order valence-electron chi connectivity index (χ1n) is 5.44. The average Bonchev–Trinajstić information content (AvgIpc) is 2.48. The van der Waals surface area contributed by atoms with Gasteiger partial charge in [-0.2, -0.15) is 4.98 Å². The molecule has 3 N–H and O–H groups in total. The van der Waals surface area contributed by atoms with Crippen LogP contribution in [0.5, 0.6) is 11.8 Å². The lowest BCUT2D eigenvalue weighted by Gasteiger charge is -2.06. The van der Waals surface area contributed by atoms with E-state index >= 15 is 0 Å². The Hall–Kier alpha value is -2.94. The van der Waals surface area contributed by atoms with Crippen LogP contribution in [0.1, 0.15) is 5.69 Å². The number of nitrogens with two attached hydrogens (primary N) is 1. The second-order valence-corrected chi connectivity index (χ2v) is 4.09. The van der Waals surface area contributed by atoms with Gasteiger partial charge in [0.05, 0.1) is 16.0 Å². The number of oxime groups is 1. The van der Waals surface area contributed by atoms with Crippen molar-refractivity contribution in [3.63, 3.8) is 0 Å². The van der Waals surface area contributed by atoms with Crippen molar-refractivity contribution in [1.82, 2.24) is 9.97 Å². The molecule has 2 rings (SSSR count). The topological polar surface area (TPSA) is 137 Å². The largest absolute Gasteiger partial charge is 0.422 e. The average molecular weight is 310 g/mol. The molecule has 1 aromatic heterocycles. The molecule has 0 spiro atoms. The van der Waals surface area contributed by atoms with Crippen molar-refractivity contribution >= 4 is 23.1 Å². The third kappa shape index (κ3) is 3.34. The molecule has 0 fully saturated rings. The van der Waals surface area contributed by atoms with Crippen LogP contribution in [0.15, 0.2) is 35.6 Å². The smallest absolute Gasteiger partial charge is 0.322 e. The first-order chi connectivity index (χ1) is 10.0. The van der Waals surface area contributed by atoms with Gasteiger partial charge in [0.25, 0.3) is 5.69 Å². The monoisotopic (exact) mass is 309 g/mol. The summed E-state index contributed by atoms with van der Waals surface area (Å²) in [7, 11) is 0. The first-order valence-corrected chi connectivity index (χ1v) is 5.82. The van der Waals surface area contributed by atoms with E-state index in [9.17, 15) is 10.1 Å². The van der Waals surface area contributed by atoms with Crippen molar-refractivity contribution < 1.29 is 14.9 Å². The van der Waals surface area contributed by atoms with Gasteiger partial charge in [-0.1, -0.05) is 16.8 Å². The molecule has 0 aliphatic carbocycles. The predicted molar refractivity (Wildman–Crippen MR) is 72.7 cm³/mol. The van der Waals surface area contributed by atoms with Crippen LogP contribution in [0, 0.1) is 10.1 Å². The van der Waals surface area contributed by atoms with Crippen LogP contribution in [0.25, 0.3) is 0 Å². The summed E-state index contributed by atoms with van der Waals surface area (Å²) in [6.45, 7) is 0. The maximum Gasteiger partial charge on any atom is 0.322 e. The summed E-state index contributed by atoms with van der Waals surface area (Å²) in [6.07, 6.45) is 1.32. The molecule has 1 aromatic carbocycles. The summed E-state index contributed by atoms with van der Waals surface area (Å²) in [6, 6.07) is 4.95. The summed E-state index contributed by atoms with van der Waals surface area (Å²) in [5.41, 5.74) is 5.33. The number of nitrogens with zero attached hydrogens (tertiary/aromatic N) is 4. The highest BCUT2D eigenvalue weighted by atomic mass is 35.5.